The van der Waals surface area contributed by atoms with E-state index in [1.807, 2.05) is 24.3 Å². The van der Waals surface area contributed by atoms with E-state index in [-0.39, 0.29) is 11.2 Å². The molecule has 2 aromatic rings. The van der Waals surface area contributed by atoms with Crippen molar-refractivity contribution in [3.05, 3.63) is 46.9 Å². The van der Waals surface area contributed by atoms with Gasteiger partial charge in [-0.15, -0.1) is 0 Å². The van der Waals surface area contributed by atoms with Crippen molar-refractivity contribution in [3.63, 3.8) is 0 Å². The maximum absolute atomic E-state index is 10.2. The maximum atomic E-state index is 10.2. The monoisotopic (exact) mass is 276 g/mol. The summed E-state index contributed by atoms with van der Waals surface area (Å²) in [4.78, 5) is 7.87. The summed E-state index contributed by atoms with van der Waals surface area (Å²) >= 11 is 5.86. The smallest absolute Gasteiger partial charge is 0.157 e. The molecule has 0 unspecified atom stereocenters. The van der Waals surface area contributed by atoms with Crippen LogP contribution in [0.1, 0.15) is 17.2 Å². The molecule has 1 aromatic heterocycles. The fourth-order valence-electron chi connectivity index (χ4n) is 2.38. The van der Waals surface area contributed by atoms with Gasteiger partial charge in [0.1, 0.15) is 12.0 Å². The van der Waals surface area contributed by atoms with Crippen molar-refractivity contribution in [2.24, 2.45) is 0 Å². The van der Waals surface area contributed by atoms with E-state index in [0.717, 1.165) is 11.1 Å². The molecule has 2 atom stereocenters. The molecule has 1 aliphatic carbocycles. The lowest BCUT2D eigenvalue weighted by Gasteiger charge is -2.19. The van der Waals surface area contributed by atoms with E-state index in [0.29, 0.717) is 17.9 Å². The molecule has 0 bridgehead atoms. The van der Waals surface area contributed by atoms with Crippen LogP contribution in [0.3, 0.4) is 0 Å². The second kappa shape index (κ2) is 4.68. The first-order valence-corrected chi connectivity index (χ1v) is 6.33. The molecule has 5 nitrogen and oxygen atoms in total. The number of nitrogen functional groups attached to an aromatic ring is 1. The lowest BCUT2D eigenvalue weighted by atomic mass is 10.1. The van der Waals surface area contributed by atoms with Gasteiger partial charge < -0.3 is 16.2 Å². The minimum atomic E-state index is -0.509. The van der Waals surface area contributed by atoms with Crippen LogP contribution in [0, 0.1) is 0 Å². The van der Waals surface area contributed by atoms with Crippen LogP contribution in [0.5, 0.6) is 0 Å². The predicted molar refractivity (Wildman–Crippen MR) is 74.0 cm³/mol. The summed E-state index contributed by atoms with van der Waals surface area (Å²) in [5.74, 6) is 0.445. The molecule has 0 spiro atoms. The summed E-state index contributed by atoms with van der Waals surface area (Å²) < 4.78 is 0. The number of rotatable bonds is 2. The Bertz CT molecular complexity index is 619. The van der Waals surface area contributed by atoms with E-state index < -0.39 is 6.10 Å². The van der Waals surface area contributed by atoms with Crippen LogP contribution >= 0.6 is 11.6 Å². The third kappa shape index (κ3) is 2.11. The van der Waals surface area contributed by atoms with E-state index in [1.54, 1.807) is 0 Å². The number of hydrogen-bond donors (Lipinski definition) is 3. The van der Waals surface area contributed by atoms with Crippen LogP contribution in [-0.4, -0.2) is 21.2 Å². The molecule has 0 radical (unpaired) electrons. The molecule has 1 aliphatic rings. The fraction of sp³-hybridized carbons (Fsp3) is 0.231. The van der Waals surface area contributed by atoms with E-state index in [1.165, 1.54) is 6.33 Å². The van der Waals surface area contributed by atoms with Crippen LogP contribution in [0.25, 0.3) is 0 Å². The molecule has 19 heavy (non-hydrogen) atoms. The van der Waals surface area contributed by atoms with Crippen molar-refractivity contribution < 1.29 is 5.11 Å². The topological polar surface area (TPSA) is 84.1 Å². The zero-order valence-electron chi connectivity index (χ0n) is 10.0. The zero-order chi connectivity index (χ0) is 13.4. The highest BCUT2D eigenvalue weighted by Gasteiger charge is 2.31. The van der Waals surface area contributed by atoms with Crippen LogP contribution in [0.2, 0.25) is 5.15 Å². The molecule has 1 heterocycles. The van der Waals surface area contributed by atoms with Gasteiger partial charge in [0.2, 0.25) is 0 Å². The van der Waals surface area contributed by atoms with Crippen molar-refractivity contribution in [2.45, 2.75) is 18.6 Å². The highest BCUT2D eigenvalue weighted by atomic mass is 35.5. The van der Waals surface area contributed by atoms with Crippen molar-refractivity contribution in [3.8, 4) is 0 Å². The third-order valence-electron chi connectivity index (χ3n) is 3.33. The molecule has 0 fully saturated rings. The van der Waals surface area contributed by atoms with Gasteiger partial charge in [-0.05, 0) is 11.1 Å². The lowest BCUT2D eigenvalue weighted by molar-refractivity contribution is 0.165. The Hall–Kier alpha value is -1.85. The Labute approximate surface area is 115 Å². The van der Waals surface area contributed by atoms with Gasteiger partial charge >= 0.3 is 0 Å². The summed E-state index contributed by atoms with van der Waals surface area (Å²) in [6.07, 6.45) is 1.45. The van der Waals surface area contributed by atoms with Gasteiger partial charge in [0.15, 0.2) is 11.0 Å². The van der Waals surface area contributed by atoms with Crippen molar-refractivity contribution >= 4 is 23.1 Å². The van der Waals surface area contributed by atoms with Gasteiger partial charge in [0.25, 0.3) is 0 Å². The van der Waals surface area contributed by atoms with Gasteiger partial charge in [-0.1, -0.05) is 35.9 Å². The Morgan fingerprint density at radius 3 is 2.95 bits per heavy atom. The van der Waals surface area contributed by atoms with E-state index in [2.05, 4.69) is 15.3 Å². The van der Waals surface area contributed by atoms with Crippen molar-refractivity contribution in [1.29, 1.82) is 0 Å². The molecule has 1 aromatic carbocycles. The quantitative estimate of drug-likeness (QED) is 0.728. The molecule has 4 N–H and O–H groups in total. The predicted octanol–water partition coefficient (Wildman–Crippen LogP) is 1.78. The van der Waals surface area contributed by atoms with Crippen molar-refractivity contribution in [2.75, 3.05) is 11.1 Å². The van der Waals surface area contributed by atoms with E-state index in [9.17, 15) is 5.11 Å². The van der Waals surface area contributed by atoms with E-state index >= 15 is 0 Å². The standard InChI is InChI=1S/C13H13ClN4O/c14-12-10(15)13(17-6-16-12)18-11-8-4-2-1-3-7(8)5-9(11)19/h1-4,6,9,11,19H,5,15H2,(H,16,17,18)/t9-,11+/m1/s1. The Balaban J connectivity index is 1.93. The number of nitrogens with zero attached hydrogens (tertiary/aromatic N) is 2. The zero-order valence-corrected chi connectivity index (χ0v) is 10.8. The van der Waals surface area contributed by atoms with Crippen LogP contribution < -0.4 is 11.1 Å². The highest BCUT2D eigenvalue weighted by molar-refractivity contribution is 6.32. The highest BCUT2D eigenvalue weighted by Crippen LogP contribution is 2.35. The number of anilines is 2. The maximum Gasteiger partial charge on any atom is 0.157 e. The number of hydrogen-bond acceptors (Lipinski definition) is 5. The molecule has 3 rings (SSSR count). The first-order chi connectivity index (χ1) is 9.16. The van der Waals surface area contributed by atoms with Crippen LogP contribution in [0.4, 0.5) is 11.5 Å². The SMILES string of the molecule is Nc1c(Cl)ncnc1N[C@H]1c2ccccc2C[C@H]1O. The molecular formula is C13H13ClN4O. The Morgan fingerprint density at radius 1 is 1.32 bits per heavy atom. The summed E-state index contributed by atoms with van der Waals surface area (Å²) in [6.45, 7) is 0. The van der Waals surface area contributed by atoms with Gasteiger partial charge in [-0.3, -0.25) is 0 Å². The Morgan fingerprint density at radius 2 is 2.11 bits per heavy atom. The van der Waals surface area contributed by atoms with Crippen LogP contribution in [-0.2, 0) is 6.42 Å². The normalized spacial score (nSPS) is 21.2. The number of nitrogens with one attached hydrogen (secondary N) is 1. The second-order valence-electron chi connectivity index (χ2n) is 4.52. The number of aromatic nitrogens is 2. The van der Waals surface area contributed by atoms with Gasteiger partial charge in [0, 0.05) is 6.42 Å². The summed E-state index contributed by atoms with van der Waals surface area (Å²) in [5, 5.41) is 13.5. The lowest BCUT2D eigenvalue weighted by Crippen LogP contribution is -2.22. The summed E-state index contributed by atoms with van der Waals surface area (Å²) in [6, 6.07) is 7.68. The Kier molecular flexibility index (Phi) is 3.00. The number of nitrogens with two attached hydrogens (primary N) is 1. The first-order valence-electron chi connectivity index (χ1n) is 5.95. The fourth-order valence-corrected chi connectivity index (χ4v) is 2.52. The summed E-state index contributed by atoms with van der Waals surface area (Å²) in [7, 11) is 0. The minimum absolute atomic E-state index is 0.207. The molecule has 0 saturated carbocycles. The van der Waals surface area contributed by atoms with Gasteiger partial charge in [-0.2, -0.15) is 0 Å². The molecular weight excluding hydrogens is 264 g/mol. The first kappa shape index (κ1) is 12.2. The molecule has 98 valence electrons. The molecule has 0 saturated heterocycles. The number of aliphatic hydroxyl groups is 1. The summed E-state index contributed by atoms with van der Waals surface area (Å²) in [5.41, 5.74) is 8.31. The number of aliphatic hydroxyl groups excluding tert-OH is 1. The second-order valence-corrected chi connectivity index (χ2v) is 4.88. The van der Waals surface area contributed by atoms with Crippen LogP contribution in [0.15, 0.2) is 30.6 Å². The number of halogens is 1. The molecule has 6 heteroatoms. The average molecular weight is 277 g/mol. The van der Waals surface area contributed by atoms with Gasteiger partial charge in [-0.25, -0.2) is 9.97 Å². The molecule has 0 aliphatic heterocycles. The van der Waals surface area contributed by atoms with Gasteiger partial charge in [0.05, 0.1) is 12.1 Å². The third-order valence-corrected chi connectivity index (χ3v) is 3.63. The molecule has 0 amide bonds. The number of fused-ring (bicyclic) bond motifs is 1. The average Bonchev–Trinajstić information content (AvgIpc) is 2.72. The van der Waals surface area contributed by atoms with E-state index in [4.69, 9.17) is 17.3 Å². The largest absolute Gasteiger partial charge is 0.393 e. The minimum Gasteiger partial charge on any atom is -0.393 e. The number of benzene rings is 1. The van der Waals surface area contributed by atoms with Crippen molar-refractivity contribution in [1.82, 2.24) is 9.97 Å².